The molecular weight excluding hydrogens is 516 g/mol. The van der Waals surface area contributed by atoms with Crippen molar-refractivity contribution in [2.75, 3.05) is 26.4 Å². The normalized spacial score (nSPS) is 24.5. The number of benzene rings is 1. The van der Waals surface area contributed by atoms with Crippen molar-refractivity contribution in [1.82, 2.24) is 0 Å². The molecule has 0 amide bonds. The predicted octanol–water partition coefficient (Wildman–Crippen LogP) is -0.565. The summed E-state index contributed by atoms with van der Waals surface area (Å²) >= 11 is 0. The molecule has 1 aliphatic heterocycles. The molecule has 1 aromatic carbocycles. The van der Waals surface area contributed by atoms with Crippen LogP contribution < -0.4 is 4.74 Å². The lowest BCUT2D eigenvalue weighted by molar-refractivity contribution is -0.196. The Morgan fingerprint density at radius 2 is 1.48 bits per heavy atom. The van der Waals surface area contributed by atoms with Gasteiger partial charge in [-0.3, -0.25) is 13.7 Å². The van der Waals surface area contributed by atoms with Gasteiger partial charge < -0.3 is 14.2 Å². The summed E-state index contributed by atoms with van der Waals surface area (Å²) in [5.41, 5.74) is 0. The predicted molar refractivity (Wildman–Crippen MR) is 106 cm³/mol. The minimum absolute atomic E-state index is 0.135. The lowest BCUT2D eigenvalue weighted by Crippen LogP contribution is -2.58. The molecule has 4 atom stereocenters. The quantitative estimate of drug-likeness (QED) is 0.212. The van der Waals surface area contributed by atoms with Crippen molar-refractivity contribution in [3.63, 3.8) is 0 Å². The van der Waals surface area contributed by atoms with Crippen molar-refractivity contribution in [3.8, 4) is 5.75 Å². The van der Waals surface area contributed by atoms with E-state index in [9.17, 15) is 25.3 Å². The molecule has 1 aliphatic rings. The molecule has 0 spiro atoms. The Morgan fingerprint density at radius 3 is 2.06 bits per heavy atom. The minimum Gasteiger partial charge on any atom is -0.494 e. The SMILES string of the molecule is O=S(=O)(O)OC[C@H]1OC[C@H](OS(=O)(=O)O)[C@@H](OCCCOc2ccccc2)[C@@H]1OS(=O)(=O)O. The lowest BCUT2D eigenvalue weighted by atomic mass is 10.0. The van der Waals surface area contributed by atoms with E-state index in [1.165, 1.54) is 0 Å². The van der Waals surface area contributed by atoms with Gasteiger partial charge in [0.05, 0.1) is 26.4 Å². The molecule has 0 bridgehead atoms. The van der Waals surface area contributed by atoms with Crippen molar-refractivity contribution in [3.05, 3.63) is 30.3 Å². The molecule has 3 N–H and O–H groups in total. The van der Waals surface area contributed by atoms with Crippen molar-refractivity contribution in [2.45, 2.75) is 30.8 Å². The Morgan fingerprint density at radius 1 is 0.848 bits per heavy atom. The second-order valence-electron chi connectivity index (χ2n) is 6.49. The molecule has 1 aromatic rings. The van der Waals surface area contributed by atoms with Gasteiger partial charge in [-0.15, -0.1) is 0 Å². The largest absolute Gasteiger partial charge is 0.494 e. The first kappa shape index (κ1) is 27.8. The molecular formula is C15H22O15S3. The number of hydrogen-bond donors (Lipinski definition) is 3. The monoisotopic (exact) mass is 538 g/mol. The highest BCUT2D eigenvalue weighted by Crippen LogP contribution is 2.26. The summed E-state index contributed by atoms with van der Waals surface area (Å²) in [6.07, 6.45) is -6.59. The van der Waals surface area contributed by atoms with Gasteiger partial charge >= 0.3 is 31.2 Å². The van der Waals surface area contributed by atoms with Crippen LogP contribution in [0, 0.1) is 0 Å². The molecule has 15 nitrogen and oxygen atoms in total. The summed E-state index contributed by atoms with van der Waals surface area (Å²) < 4.78 is 123. The third-order valence-corrected chi connectivity index (χ3v) is 5.39. The van der Waals surface area contributed by atoms with Crippen LogP contribution in [0.3, 0.4) is 0 Å². The molecule has 0 aromatic heterocycles. The fraction of sp³-hybridized carbons (Fsp3) is 0.600. The Hall–Kier alpha value is -1.45. The van der Waals surface area contributed by atoms with E-state index in [-0.39, 0.29) is 19.6 Å². The Kier molecular flexibility index (Phi) is 9.94. The zero-order valence-corrected chi connectivity index (χ0v) is 19.1. The van der Waals surface area contributed by atoms with E-state index in [1.807, 2.05) is 0 Å². The first-order chi connectivity index (χ1) is 15.2. The summed E-state index contributed by atoms with van der Waals surface area (Å²) in [5.74, 6) is 0.561. The Bertz CT molecular complexity index is 1060. The van der Waals surface area contributed by atoms with Crippen LogP contribution >= 0.6 is 0 Å². The minimum atomic E-state index is -5.20. The van der Waals surface area contributed by atoms with Crippen LogP contribution in [0.25, 0.3) is 0 Å². The van der Waals surface area contributed by atoms with E-state index in [0.717, 1.165) is 0 Å². The number of para-hydroxylation sites is 1. The standard InChI is InChI=1S/C15H22O15S3/c16-31(17,18)28-10-12-15(30-33(22,23)24)14(13(9-27-12)29-32(19,20)21)26-8-4-7-25-11-5-2-1-3-6-11/h1-3,5-6,12-15H,4,7-10H2,(H,16,17,18)(H,19,20,21)(H,22,23,24)/t12-,13+,14-,15-/m1/s1. The van der Waals surface area contributed by atoms with Gasteiger partial charge in [-0.1, -0.05) is 18.2 Å². The Labute approximate surface area is 190 Å². The summed E-state index contributed by atoms with van der Waals surface area (Å²) in [6.45, 7) is -1.69. The van der Waals surface area contributed by atoms with Crippen molar-refractivity contribution in [2.24, 2.45) is 0 Å². The van der Waals surface area contributed by atoms with E-state index < -0.39 is 68.8 Å². The molecule has 1 fully saturated rings. The second-order valence-corrected chi connectivity index (χ2v) is 9.67. The van der Waals surface area contributed by atoms with E-state index >= 15 is 0 Å². The van der Waals surface area contributed by atoms with Crippen LogP contribution in [0.15, 0.2) is 30.3 Å². The zero-order valence-electron chi connectivity index (χ0n) is 16.7. The van der Waals surface area contributed by atoms with Gasteiger partial charge in [-0.2, -0.15) is 25.3 Å². The van der Waals surface area contributed by atoms with Crippen molar-refractivity contribution in [1.29, 1.82) is 0 Å². The van der Waals surface area contributed by atoms with Crippen LogP contribution in [0.2, 0.25) is 0 Å². The van der Waals surface area contributed by atoms with Crippen LogP contribution in [0.4, 0.5) is 0 Å². The highest BCUT2D eigenvalue weighted by Gasteiger charge is 2.47. The van der Waals surface area contributed by atoms with Crippen LogP contribution in [-0.2, 0) is 53.2 Å². The molecule has 0 radical (unpaired) electrons. The molecule has 1 heterocycles. The highest BCUT2D eigenvalue weighted by molar-refractivity contribution is 7.81. The van der Waals surface area contributed by atoms with Crippen LogP contribution in [0.5, 0.6) is 5.75 Å². The van der Waals surface area contributed by atoms with Gasteiger partial charge in [0.25, 0.3) is 0 Å². The van der Waals surface area contributed by atoms with Crippen LogP contribution in [-0.4, -0.2) is 89.8 Å². The smallest absolute Gasteiger partial charge is 0.397 e. The van der Waals surface area contributed by atoms with Crippen LogP contribution in [0.1, 0.15) is 6.42 Å². The summed E-state index contributed by atoms with van der Waals surface area (Å²) in [4.78, 5) is 0. The maximum atomic E-state index is 11.3. The average Bonchev–Trinajstić information content (AvgIpc) is 2.66. The summed E-state index contributed by atoms with van der Waals surface area (Å²) in [5, 5.41) is 0. The second kappa shape index (κ2) is 11.8. The van der Waals surface area contributed by atoms with Gasteiger partial charge in [-0.05, 0) is 12.1 Å². The van der Waals surface area contributed by atoms with Crippen molar-refractivity contribution < 1.29 is 65.7 Å². The molecule has 0 unspecified atom stereocenters. The zero-order chi connectivity index (χ0) is 24.7. The first-order valence-corrected chi connectivity index (χ1v) is 13.2. The topological polar surface area (TPSA) is 218 Å². The number of rotatable bonds is 13. The maximum Gasteiger partial charge on any atom is 0.397 e. The average molecular weight is 539 g/mol. The highest BCUT2D eigenvalue weighted by atomic mass is 32.3. The maximum absolute atomic E-state index is 11.3. The van der Waals surface area contributed by atoms with E-state index in [4.69, 9.17) is 27.9 Å². The van der Waals surface area contributed by atoms with E-state index in [1.54, 1.807) is 30.3 Å². The summed E-state index contributed by atoms with van der Waals surface area (Å²) in [7, 11) is -15.2. The van der Waals surface area contributed by atoms with Gasteiger partial charge in [0.1, 0.15) is 30.2 Å². The van der Waals surface area contributed by atoms with Gasteiger partial charge in [0, 0.05) is 6.42 Å². The van der Waals surface area contributed by atoms with Crippen molar-refractivity contribution >= 4 is 31.2 Å². The molecule has 18 heteroatoms. The number of ether oxygens (including phenoxy) is 3. The molecule has 0 saturated carbocycles. The molecule has 33 heavy (non-hydrogen) atoms. The first-order valence-electron chi connectivity index (χ1n) is 9.08. The number of hydrogen-bond acceptors (Lipinski definition) is 12. The fourth-order valence-corrected chi connectivity index (χ4v) is 4.11. The van der Waals surface area contributed by atoms with Gasteiger partial charge in [-0.25, -0.2) is 12.5 Å². The third-order valence-electron chi connectivity index (χ3n) is 4.00. The van der Waals surface area contributed by atoms with E-state index in [2.05, 4.69) is 12.5 Å². The lowest BCUT2D eigenvalue weighted by Gasteiger charge is -2.40. The third kappa shape index (κ3) is 11.0. The molecule has 190 valence electrons. The summed E-state index contributed by atoms with van der Waals surface area (Å²) in [6, 6.07) is 8.68. The van der Waals surface area contributed by atoms with Gasteiger partial charge in [0.2, 0.25) is 0 Å². The van der Waals surface area contributed by atoms with E-state index in [0.29, 0.717) is 5.75 Å². The molecule has 0 aliphatic carbocycles. The van der Waals surface area contributed by atoms with Gasteiger partial charge in [0.15, 0.2) is 0 Å². The Balaban J connectivity index is 2.13. The fourth-order valence-electron chi connectivity index (χ4n) is 2.81. The molecule has 2 rings (SSSR count). The molecule has 1 saturated heterocycles.